The van der Waals surface area contributed by atoms with Crippen LogP contribution in [0.5, 0.6) is 11.6 Å². The highest BCUT2D eigenvalue weighted by Gasteiger charge is 2.44. The van der Waals surface area contributed by atoms with Gasteiger partial charge in [0.25, 0.3) is 0 Å². The molecule has 0 saturated carbocycles. The first kappa shape index (κ1) is 21.1. The van der Waals surface area contributed by atoms with E-state index in [1.807, 2.05) is 36.9 Å². The first-order valence-corrected chi connectivity index (χ1v) is 11.9. The molecule has 0 spiro atoms. The molecule has 11 nitrogen and oxygen atoms in total. The minimum absolute atomic E-state index is 0.506. The van der Waals surface area contributed by atoms with Gasteiger partial charge in [-0.15, -0.1) is 5.10 Å². The number of nitrogens with zero attached hydrogens (tertiary/aromatic N) is 8. The van der Waals surface area contributed by atoms with Crippen LogP contribution in [-0.2, 0) is 6.54 Å². The van der Waals surface area contributed by atoms with E-state index in [0.717, 1.165) is 53.3 Å². The largest absolute Gasteiger partial charge is 0.495 e. The van der Waals surface area contributed by atoms with Crippen molar-refractivity contribution in [2.45, 2.75) is 25.0 Å². The van der Waals surface area contributed by atoms with E-state index >= 15 is 0 Å². The van der Waals surface area contributed by atoms with Gasteiger partial charge < -0.3 is 14.4 Å². The van der Waals surface area contributed by atoms with Crippen LogP contribution in [0.1, 0.15) is 12.0 Å². The van der Waals surface area contributed by atoms with Gasteiger partial charge in [-0.25, -0.2) is 14.5 Å². The Morgan fingerprint density at radius 3 is 2.61 bits per heavy atom. The first-order chi connectivity index (χ1) is 17.7. The number of nitrogens with one attached hydrogen (secondary N) is 1. The summed E-state index contributed by atoms with van der Waals surface area (Å²) in [5, 5.41) is 12.6. The molecular formula is C25H25N9O2. The number of piperidine rings is 1. The molecule has 8 rings (SSSR count). The van der Waals surface area contributed by atoms with Crippen molar-refractivity contribution in [3.05, 3.63) is 54.7 Å². The molecular weight excluding hydrogens is 458 g/mol. The van der Waals surface area contributed by atoms with Crippen LogP contribution < -0.4 is 14.4 Å². The first-order valence-electron chi connectivity index (χ1n) is 11.9. The Balaban J connectivity index is 1.11. The molecule has 36 heavy (non-hydrogen) atoms. The fourth-order valence-electron chi connectivity index (χ4n) is 5.44. The van der Waals surface area contributed by atoms with Gasteiger partial charge >= 0.3 is 0 Å². The Morgan fingerprint density at radius 1 is 1.00 bits per heavy atom. The van der Waals surface area contributed by atoms with Crippen LogP contribution in [0.2, 0.25) is 0 Å². The third-order valence-electron chi connectivity index (χ3n) is 7.29. The maximum Gasteiger partial charge on any atom is 0.212 e. The van der Waals surface area contributed by atoms with Gasteiger partial charge in [0, 0.05) is 49.5 Å². The zero-order valence-corrected chi connectivity index (χ0v) is 20.0. The number of methoxy groups -OCH3 is 2. The number of piperazine rings is 1. The van der Waals surface area contributed by atoms with E-state index in [1.165, 1.54) is 12.0 Å². The molecule has 3 aliphatic heterocycles. The third-order valence-corrected chi connectivity index (χ3v) is 7.29. The zero-order chi connectivity index (χ0) is 24.2. The summed E-state index contributed by atoms with van der Waals surface area (Å²) >= 11 is 0. The molecule has 0 amide bonds. The average Bonchev–Trinajstić information content (AvgIpc) is 3.53. The van der Waals surface area contributed by atoms with E-state index in [1.54, 1.807) is 24.9 Å². The molecule has 1 N–H and O–H groups in total. The minimum atomic E-state index is 0.506. The molecule has 3 saturated heterocycles. The van der Waals surface area contributed by atoms with E-state index < -0.39 is 0 Å². The molecule has 2 unspecified atom stereocenters. The second kappa shape index (κ2) is 8.16. The topological polar surface area (TPSA) is 110 Å². The van der Waals surface area contributed by atoms with E-state index in [4.69, 9.17) is 19.4 Å². The highest BCUT2D eigenvalue weighted by molar-refractivity contribution is 6.00. The number of hydrogen-bond acceptors (Lipinski definition) is 9. The summed E-state index contributed by atoms with van der Waals surface area (Å²) in [4.78, 5) is 18.8. The van der Waals surface area contributed by atoms with Crippen LogP contribution >= 0.6 is 0 Å². The smallest absolute Gasteiger partial charge is 0.212 e. The molecule has 2 bridgehead atoms. The summed E-state index contributed by atoms with van der Waals surface area (Å²) in [6.07, 6.45) is 10.5. The molecule has 5 aromatic rings. The molecule has 8 heterocycles. The molecule has 3 fully saturated rings. The standard InChI is InChI=1S/C25H25N9O2/c1-35-18-6-19(24-20-8-29-30-25(20)31-34(24)14-18)21-9-27-22(10-26-21)32-12-16-5-17(13-32)33(16)11-15-3-4-23(36-2)28-7-15/h3-4,6-10,14,16-17H,5,11-13H2,1-2H3,(H,30,31). The Bertz CT molecular complexity index is 1530. The van der Waals surface area contributed by atoms with Crippen molar-refractivity contribution in [2.75, 3.05) is 32.2 Å². The summed E-state index contributed by atoms with van der Waals surface area (Å²) in [7, 11) is 3.28. The molecule has 11 heteroatoms. The van der Waals surface area contributed by atoms with Crippen molar-refractivity contribution in [3.8, 4) is 22.9 Å². The molecule has 5 aromatic heterocycles. The number of H-pyrrole nitrogens is 1. The predicted octanol–water partition coefficient (Wildman–Crippen LogP) is 2.54. The van der Waals surface area contributed by atoms with Crippen molar-refractivity contribution < 1.29 is 9.47 Å². The summed E-state index contributed by atoms with van der Waals surface area (Å²) < 4.78 is 12.5. The van der Waals surface area contributed by atoms with Crippen molar-refractivity contribution >= 4 is 22.4 Å². The van der Waals surface area contributed by atoms with Crippen molar-refractivity contribution in [1.29, 1.82) is 0 Å². The summed E-state index contributed by atoms with van der Waals surface area (Å²) in [5.74, 6) is 2.25. The highest BCUT2D eigenvalue weighted by Crippen LogP contribution is 2.36. The quantitative estimate of drug-likeness (QED) is 0.390. The fourth-order valence-corrected chi connectivity index (χ4v) is 5.44. The summed E-state index contributed by atoms with van der Waals surface area (Å²) in [6.45, 7) is 2.79. The number of ether oxygens (including phenoxy) is 2. The van der Waals surface area contributed by atoms with Gasteiger partial charge in [0.2, 0.25) is 5.88 Å². The summed E-state index contributed by atoms with van der Waals surface area (Å²) in [5.41, 5.74) is 4.51. The third kappa shape index (κ3) is 3.34. The lowest BCUT2D eigenvalue weighted by molar-refractivity contribution is -0.00879. The van der Waals surface area contributed by atoms with Gasteiger partial charge in [-0.05, 0) is 18.1 Å². The van der Waals surface area contributed by atoms with Crippen molar-refractivity contribution in [1.82, 2.24) is 39.7 Å². The lowest BCUT2D eigenvalue weighted by Crippen LogP contribution is -2.68. The van der Waals surface area contributed by atoms with Gasteiger partial charge in [0.15, 0.2) is 5.65 Å². The second-order valence-electron chi connectivity index (χ2n) is 9.31. The zero-order valence-electron chi connectivity index (χ0n) is 20.0. The molecule has 2 atom stereocenters. The maximum absolute atomic E-state index is 5.50. The normalized spacial score (nSPS) is 19.6. The van der Waals surface area contributed by atoms with Crippen LogP contribution in [0.25, 0.3) is 27.8 Å². The monoisotopic (exact) mass is 483 g/mol. The van der Waals surface area contributed by atoms with Crippen LogP contribution in [0.3, 0.4) is 0 Å². The van der Waals surface area contributed by atoms with Crippen LogP contribution in [0, 0.1) is 0 Å². The van der Waals surface area contributed by atoms with Crippen molar-refractivity contribution in [3.63, 3.8) is 0 Å². The SMILES string of the molecule is COc1cc(-c2cnc(N3CC4CC(C3)N4Cc3ccc(OC)nc3)cn2)c2c3cn[nH]c3nn2c1. The summed E-state index contributed by atoms with van der Waals surface area (Å²) in [6, 6.07) is 6.99. The van der Waals surface area contributed by atoms with Gasteiger partial charge in [-0.3, -0.25) is 15.0 Å². The molecule has 0 aromatic carbocycles. The van der Waals surface area contributed by atoms with Gasteiger partial charge in [-0.2, -0.15) is 5.10 Å². The number of pyridine rings is 2. The Labute approximate surface area is 206 Å². The molecule has 182 valence electrons. The van der Waals surface area contributed by atoms with Gasteiger partial charge in [-0.1, -0.05) is 6.07 Å². The number of aromatic nitrogens is 7. The van der Waals surface area contributed by atoms with E-state index in [9.17, 15) is 0 Å². The number of rotatable bonds is 6. The Hall–Kier alpha value is -4.25. The predicted molar refractivity (Wildman–Crippen MR) is 133 cm³/mol. The van der Waals surface area contributed by atoms with Crippen LogP contribution in [0.4, 0.5) is 5.82 Å². The molecule has 0 radical (unpaired) electrons. The Morgan fingerprint density at radius 2 is 1.89 bits per heavy atom. The second-order valence-corrected chi connectivity index (χ2v) is 9.31. The number of hydrogen-bond donors (Lipinski definition) is 1. The van der Waals surface area contributed by atoms with E-state index in [0.29, 0.717) is 23.7 Å². The Kier molecular flexibility index (Phi) is 4.78. The van der Waals surface area contributed by atoms with Gasteiger partial charge in [0.1, 0.15) is 11.6 Å². The lowest BCUT2D eigenvalue weighted by atomic mass is 9.87. The maximum atomic E-state index is 5.50. The fraction of sp³-hybridized carbons (Fsp3) is 0.320. The number of anilines is 1. The molecule has 0 aliphatic carbocycles. The number of fused-ring (bicyclic) bond motifs is 5. The van der Waals surface area contributed by atoms with Gasteiger partial charge in [0.05, 0.1) is 55.6 Å². The molecule has 3 aliphatic rings. The van der Waals surface area contributed by atoms with Crippen molar-refractivity contribution in [2.24, 2.45) is 0 Å². The number of aromatic amines is 1. The average molecular weight is 484 g/mol. The minimum Gasteiger partial charge on any atom is -0.495 e. The van der Waals surface area contributed by atoms with E-state index in [-0.39, 0.29) is 0 Å². The lowest BCUT2D eigenvalue weighted by Gasteiger charge is -2.56. The van der Waals surface area contributed by atoms with Crippen LogP contribution in [0.15, 0.2) is 49.2 Å². The highest BCUT2D eigenvalue weighted by atomic mass is 16.5. The van der Waals surface area contributed by atoms with E-state index in [2.05, 4.69) is 36.1 Å². The van der Waals surface area contributed by atoms with Crippen LogP contribution in [-0.4, -0.2) is 79.1 Å².